The van der Waals surface area contributed by atoms with Crippen LogP contribution < -0.4 is 15.4 Å². The summed E-state index contributed by atoms with van der Waals surface area (Å²) < 4.78 is 5.96. The molecule has 5 nitrogen and oxygen atoms in total. The van der Waals surface area contributed by atoms with Crippen LogP contribution >= 0.6 is 11.6 Å². The summed E-state index contributed by atoms with van der Waals surface area (Å²) in [7, 11) is 0. The van der Waals surface area contributed by atoms with Crippen molar-refractivity contribution in [2.75, 3.05) is 10.6 Å². The van der Waals surface area contributed by atoms with Gasteiger partial charge in [0.1, 0.15) is 11.8 Å². The minimum Gasteiger partial charge on any atom is -0.489 e. The maximum absolute atomic E-state index is 12.5. The van der Waals surface area contributed by atoms with Crippen LogP contribution in [0.4, 0.5) is 11.4 Å². The maximum atomic E-state index is 12.5. The van der Waals surface area contributed by atoms with E-state index in [9.17, 15) is 9.59 Å². The van der Waals surface area contributed by atoms with Crippen LogP contribution in [0.5, 0.6) is 5.75 Å². The van der Waals surface area contributed by atoms with Gasteiger partial charge in [-0.2, -0.15) is 0 Å². The third kappa shape index (κ3) is 5.26. The first-order valence-electron chi connectivity index (χ1n) is 9.57. The molecule has 1 unspecified atom stereocenters. The monoisotopic (exact) mass is 400 g/mol. The second-order valence-electron chi connectivity index (χ2n) is 7.16. The van der Waals surface area contributed by atoms with E-state index in [2.05, 4.69) is 10.6 Å². The number of halogens is 1. The van der Waals surface area contributed by atoms with Gasteiger partial charge in [0.25, 0.3) is 0 Å². The fourth-order valence-electron chi connectivity index (χ4n) is 3.25. The highest BCUT2D eigenvalue weighted by molar-refractivity contribution is 6.32. The van der Waals surface area contributed by atoms with Gasteiger partial charge in [0.05, 0.1) is 11.1 Å². The zero-order valence-corrected chi connectivity index (χ0v) is 16.9. The molecule has 2 aromatic rings. The average Bonchev–Trinajstić information content (AvgIpc) is 3.17. The van der Waals surface area contributed by atoms with Crippen LogP contribution in [0.15, 0.2) is 42.5 Å². The molecular weight excluding hydrogens is 376 g/mol. The number of benzene rings is 2. The first-order valence-corrected chi connectivity index (χ1v) is 9.95. The van der Waals surface area contributed by atoms with Crippen LogP contribution in [0.1, 0.15) is 49.9 Å². The van der Waals surface area contributed by atoms with E-state index >= 15 is 0 Å². The molecule has 28 heavy (non-hydrogen) atoms. The Bertz CT molecular complexity index is 863. The summed E-state index contributed by atoms with van der Waals surface area (Å²) >= 11 is 6.35. The van der Waals surface area contributed by atoms with E-state index in [1.807, 2.05) is 12.1 Å². The topological polar surface area (TPSA) is 67.4 Å². The fourth-order valence-corrected chi connectivity index (χ4v) is 3.48. The normalized spacial score (nSPS) is 15.1. The summed E-state index contributed by atoms with van der Waals surface area (Å²) in [6.07, 6.45) is 4.77. The molecule has 2 aromatic carbocycles. The Labute approximate surface area is 170 Å². The number of Topliss-reactive ketones (excluding diaryl/α,β-unsaturated/α-hetero) is 1. The lowest BCUT2D eigenvalue weighted by Gasteiger charge is -2.18. The highest BCUT2D eigenvalue weighted by atomic mass is 35.5. The SMILES string of the molecule is CC(=O)c1cccc(NC(=O)C(C)Nc2ccc(OC3CCCC3)c(Cl)c2)c1. The number of amides is 1. The molecule has 1 aliphatic carbocycles. The van der Waals surface area contributed by atoms with E-state index < -0.39 is 6.04 Å². The number of anilines is 2. The summed E-state index contributed by atoms with van der Waals surface area (Å²) in [5.41, 5.74) is 1.89. The van der Waals surface area contributed by atoms with E-state index in [0.29, 0.717) is 22.0 Å². The smallest absolute Gasteiger partial charge is 0.246 e. The summed E-state index contributed by atoms with van der Waals surface area (Å²) in [5.74, 6) is 0.428. The Kier molecular flexibility index (Phi) is 6.57. The van der Waals surface area contributed by atoms with E-state index in [1.165, 1.54) is 19.8 Å². The predicted octanol–water partition coefficient (Wildman–Crippen LogP) is 5.30. The fraction of sp³-hybridized carbons (Fsp3) is 0.364. The second kappa shape index (κ2) is 9.11. The van der Waals surface area contributed by atoms with Crippen LogP contribution in [-0.4, -0.2) is 23.8 Å². The molecule has 0 aromatic heterocycles. The maximum Gasteiger partial charge on any atom is 0.246 e. The van der Waals surface area contributed by atoms with Crippen molar-refractivity contribution in [3.05, 3.63) is 53.1 Å². The summed E-state index contributed by atoms with van der Waals surface area (Å²) in [6, 6.07) is 11.9. The van der Waals surface area contributed by atoms with E-state index in [-0.39, 0.29) is 17.8 Å². The third-order valence-corrected chi connectivity index (χ3v) is 5.14. The van der Waals surface area contributed by atoms with Crippen LogP contribution in [0.2, 0.25) is 5.02 Å². The van der Waals surface area contributed by atoms with Gasteiger partial charge in [-0.05, 0) is 69.9 Å². The second-order valence-corrected chi connectivity index (χ2v) is 7.57. The predicted molar refractivity (Wildman–Crippen MR) is 112 cm³/mol. The molecule has 3 rings (SSSR count). The molecule has 0 spiro atoms. The van der Waals surface area contributed by atoms with Gasteiger partial charge < -0.3 is 15.4 Å². The van der Waals surface area contributed by atoms with Crippen LogP contribution in [0, 0.1) is 0 Å². The van der Waals surface area contributed by atoms with Crippen molar-refractivity contribution >= 4 is 34.7 Å². The van der Waals surface area contributed by atoms with E-state index in [1.54, 1.807) is 37.3 Å². The number of rotatable bonds is 7. The summed E-state index contributed by atoms with van der Waals surface area (Å²) in [5, 5.41) is 6.49. The quantitative estimate of drug-likeness (QED) is 0.618. The number of hydrogen-bond acceptors (Lipinski definition) is 4. The number of ether oxygens (including phenoxy) is 1. The highest BCUT2D eigenvalue weighted by Crippen LogP contribution is 2.32. The number of hydrogen-bond donors (Lipinski definition) is 2. The lowest BCUT2D eigenvalue weighted by atomic mass is 10.1. The van der Waals surface area contributed by atoms with Crippen LogP contribution in [-0.2, 0) is 4.79 Å². The third-order valence-electron chi connectivity index (χ3n) is 4.84. The molecule has 1 saturated carbocycles. The largest absolute Gasteiger partial charge is 0.489 e. The van der Waals surface area contributed by atoms with Crippen LogP contribution in [0.25, 0.3) is 0 Å². The van der Waals surface area contributed by atoms with Gasteiger partial charge in [-0.25, -0.2) is 0 Å². The molecule has 6 heteroatoms. The minimum atomic E-state index is -0.487. The number of carbonyl (C=O) groups is 2. The molecule has 0 bridgehead atoms. The summed E-state index contributed by atoms with van der Waals surface area (Å²) in [6.45, 7) is 3.26. The van der Waals surface area contributed by atoms with Crippen molar-refractivity contribution in [2.24, 2.45) is 0 Å². The zero-order valence-electron chi connectivity index (χ0n) is 16.1. The lowest BCUT2D eigenvalue weighted by Crippen LogP contribution is -2.31. The van der Waals surface area contributed by atoms with E-state index in [4.69, 9.17) is 16.3 Å². The van der Waals surface area contributed by atoms with Gasteiger partial charge in [0.15, 0.2) is 5.78 Å². The minimum absolute atomic E-state index is 0.0446. The molecule has 148 valence electrons. The van der Waals surface area contributed by atoms with E-state index in [0.717, 1.165) is 18.5 Å². The summed E-state index contributed by atoms with van der Waals surface area (Å²) in [4.78, 5) is 23.9. The van der Waals surface area contributed by atoms with Gasteiger partial charge in [-0.15, -0.1) is 0 Å². The number of carbonyl (C=O) groups excluding carboxylic acids is 2. The Morgan fingerprint density at radius 2 is 1.86 bits per heavy atom. The first-order chi connectivity index (χ1) is 13.4. The van der Waals surface area contributed by atoms with Gasteiger partial charge >= 0.3 is 0 Å². The molecular formula is C22H25ClN2O3. The molecule has 1 amide bonds. The van der Waals surface area contributed by atoms with Crippen molar-refractivity contribution in [3.8, 4) is 5.75 Å². The molecule has 1 atom stereocenters. The van der Waals surface area contributed by atoms with Gasteiger partial charge in [0, 0.05) is 16.9 Å². The van der Waals surface area contributed by atoms with Gasteiger partial charge in [-0.1, -0.05) is 23.7 Å². The highest BCUT2D eigenvalue weighted by Gasteiger charge is 2.18. The number of ketones is 1. The Morgan fingerprint density at radius 1 is 1.11 bits per heavy atom. The Balaban J connectivity index is 1.59. The Morgan fingerprint density at radius 3 is 2.54 bits per heavy atom. The molecule has 2 N–H and O–H groups in total. The van der Waals surface area contributed by atoms with Crippen molar-refractivity contribution in [1.29, 1.82) is 0 Å². The Hall–Kier alpha value is -2.53. The van der Waals surface area contributed by atoms with Crippen molar-refractivity contribution in [1.82, 2.24) is 0 Å². The molecule has 1 aliphatic rings. The van der Waals surface area contributed by atoms with Crippen molar-refractivity contribution < 1.29 is 14.3 Å². The van der Waals surface area contributed by atoms with Crippen LogP contribution in [0.3, 0.4) is 0 Å². The molecule has 1 fully saturated rings. The lowest BCUT2D eigenvalue weighted by molar-refractivity contribution is -0.116. The van der Waals surface area contributed by atoms with Gasteiger partial charge in [-0.3, -0.25) is 9.59 Å². The molecule has 0 saturated heterocycles. The zero-order chi connectivity index (χ0) is 20.1. The standard InChI is InChI=1S/C22H25ClN2O3/c1-14(22(27)25-17-7-5-6-16(12-17)15(2)26)24-18-10-11-21(20(23)13-18)28-19-8-3-4-9-19/h5-7,10-14,19,24H,3-4,8-9H2,1-2H3,(H,25,27). The number of nitrogens with one attached hydrogen (secondary N) is 2. The molecule has 0 radical (unpaired) electrons. The average molecular weight is 401 g/mol. The van der Waals surface area contributed by atoms with Crippen molar-refractivity contribution in [3.63, 3.8) is 0 Å². The molecule has 0 heterocycles. The van der Waals surface area contributed by atoms with Crippen molar-refractivity contribution in [2.45, 2.75) is 51.7 Å². The van der Waals surface area contributed by atoms with Gasteiger partial charge in [0.2, 0.25) is 5.91 Å². The first kappa shape index (κ1) is 20.2. The molecule has 0 aliphatic heterocycles.